The topological polar surface area (TPSA) is 29.1 Å². The van der Waals surface area contributed by atoms with Crippen molar-refractivity contribution in [1.29, 1.82) is 0 Å². The highest BCUT2D eigenvalue weighted by atomic mass is 32.2. The van der Waals surface area contributed by atoms with Crippen LogP contribution in [-0.4, -0.2) is 11.2 Å². The zero-order valence-corrected chi connectivity index (χ0v) is 16.2. The lowest BCUT2D eigenvalue weighted by Gasteiger charge is -2.12. The highest BCUT2D eigenvalue weighted by Gasteiger charge is 2.14. The molecular formula is C22H21NOS2. The van der Waals surface area contributed by atoms with Crippen molar-refractivity contribution in [1.82, 2.24) is 0 Å². The summed E-state index contributed by atoms with van der Waals surface area (Å²) in [5.41, 5.74) is 2.08. The Hall–Kier alpha value is -2.17. The first-order chi connectivity index (χ1) is 12.7. The number of anilines is 1. The number of nitrogens with one attached hydrogen (secondary N) is 1. The summed E-state index contributed by atoms with van der Waals surface area (Å²) in [4.78, 5) is 14.7. The van der Waals surface area contributed by atoms with E-state index in [1.807, 2.05) is 67.2 Å². The molecule has 0 heterocycles. The molecule has 0 aromatic heterocycles. The Bertz CT molecular complexity index is 820. The summed E-state index contributed by atoms with van der Waals surface area (Å²) >= 11 is 3.37. The molecular weight excluding hydrogens is 358 g/mol. The van der Waals surface area contributed by atoms with Gasteiger partial charge >= 0.3 is 0 Å². The van der Waals surface area contributed by atoms with E-state index < -0.39 is 0 Å². The predicted octanol–water partition coefficient (Wildman–Crippen LogP) is 6.10. The molecule has 1 amide bonds. The normalized spacial score (nSPS) is 11.7. The van der Waals surface area contributed by atoms with Crippen molar-refractivity contribution in [3.63, 3.8) is 0 Å². The van der Waals surface area contributed by atoms with Gasteiger partial charge < -0.3 is 5.32 Å². The fourth-order valence-corrected chi connectivity index (χ4v) is 4.13. The molecule has 0 fully saturated rings. The van der Waals surface area contributed by atoms with Gasteiger partial charge in [-0.15, -0.1) is 23.5 Å². The van der Waals surface area contributed by atoms with Gasteiger partial charge in [0.05, 0.1) is 5.25 Å². The van der Waals surface area contributed by atoms with Crippen LogP contribution in [0.25, 0.3) is 0 Å². The maximum absolute atomic E-state index is 12.4. The van der Waals surface area contributed by atoms with E-state index in [-0.39, 0.29) is 11.2 Å². The van der Waals surface area contributed by atoms with Crippen molar-refractivity contribution >= 4 is 35.1 Å². The number of hydrogen-bond acceptors (Lipinski definition) is 3. The molecule has 1 atom stereocenters. The van der Waals surface area contributed by atoms with Crippen molar-refractivity contribution in [2.45, 2.75) is 27.7 Å². The summed E-state index contributed by atoms with van der Waals surface area (Å²) in [5, 5.41) is 2.85. The molecule has 3 aromatic rings. The van der Waals surface area contributed by atoms with Crippen LogP contribution in [0.2, 0.25) is 0 Å². The van der Waals surface area contributed by atoms with Gasteiger partial charge in [-0.2, -0.15) is 0 Å². The molecule has 3 rings (SSSR count). The summed E-state index contributed by atoms with van der Waals surface area (Å²) in [6.07, 6.45) is 0. The maximum atomic E-state index is 12.4. The molecule has 0 saturated heterocycles. The summed E-state index contributed by atoms with van der Waals surface area (Å²) in [6.45, 7) is 1.93. The SMILES string of the molecule is C[C@@H](Sc1ccccc1)C(=O)Nc1ccc(CSc2ccccc2)cc1. The molecule has 0 spiro atoms. The third kappa shape index (κ3) is 5.68. The third-order valence-electron chi connectivity index (χ3n) is 3.80. The summed E-state index contributed by atoms with van der Waals surface area (Å²) < 4.78 is 0. The Kier molecular flexibility index (Phi) is 6.81. The van der Waals surface area contributed by atoms with Crippen LogP contribution < -0.4 is 5.32 Å². The fraction of sp³-hybridized carbons (Fsp3) is 0.136. The Labute approximate surface area is 163 Å². The lowest BCUT2D eigenvalue weighted by Crippen LogP contribution is -2.22. The van der Waals surface area contributed by atoms with E-state index in [4.69, 9.17) is 0 Å². The quantitative estimate of drug-likeness (QED) is 0.503. The number of rotatable bonds is 7. The molecule has 132 valence electrons. The fourth-order valence-electron chi connectivity index (χ4n) is 2.37. The molecule has 0 bridgehead atoms. The number of hydrogen-bond donors (Lipinski definition) is 1. The Morgan fingerprint density at radius 2 is 1.42 bits per heavy atom. The third-order valence-corrected chi connectivity index (χ3v) is 5.99. The summed E-state index contributed by atoms with van der Waals surface area (Å²) in [6, 6.07) is 28.4. The van der Waals surface area contributed by atoms with Gasteiger partial charge in [-0.3, -0.25) is 4.79 Å². The molecule has 0 aliphatic heterocycles. The molecule has 0 saturated carbocycles. The number of amides is 1. The second-order valence-corrected chi connectivity index (χ2v) is 8.32. The molecule has 1 N–H and O–H groups in total. The van der Waals surface area contributed by atoms with Crippen LogP contribution in [0, 0.1) is 0 Å². The van der Waals surface area contributed by atoms with Crippen molar-refractivity contribution in [2.24, 2.45) is 0 Å². The summed E-state index contributed by atoms with van der Waals surface area (Å²) in [5.74, 6) is 0.934. The van der Waals surface area contributed by atoms with E-state index in [0.29, 0.717) is 0 Å². The van der Waals surface area contributed by atoms with E-state index in [1.54, 1.807) is 11.8 Å². The minimum absolute atomic E-state index is 0.0188. The monoisotopic (exact) mass is 379 g/mol. The Morgan fingerprint density at radius 1 is 0.846 bits per heavy atom. The van der Waals surface area contributed by atoms with Crippen LogP contribution in [-0.2, 0) is 10.5 Å². The highest BCUT2D eigenvalue weighted by Crippen LogP contribution is 2.25. The van der Waals surface area contributed by atoms with Crippen molar-refractivity contribution in [2.75, 3.05) is 5.32 Å². The summed E-state index contributed by atoms with van der Waals surface area (Å²) in [7, 11) is 0. The number of carbonyl (C=O) groups is 1. The number of carbonyl (C=O) groups excluding carboxylic acids is 1. The van der Waals surface area contributed by atoms with Crippen molar-refractivity contribution < 1.29 is 4.79 Å². The second-order valence-electron chi connectivity index (χ2n) is 5.86. The van der Waals surface area contributed by atoms with Crippen LogP contribution in [0.4, 0.5) is 5.69 Å². The van der Waals surface area contributed by atoms with Crippen LogP contribution in [0.3, 0.4) is 0 Å². The average molecular weight is 380 g/mol. The first-order valence-electron chi connectivity index (χ1n) is 8.50. The lowest BCUT2D eigenvalue weighted by atomic mass is 10.2. The van der Waals surface area contributed by atoms with Gasteiger partial charge in [0.25, 0.3) is 0 Å². The van der Waals surface area contributed by atoms with Crippen LogP contribution in [0.15, 0.2) is 94.7 Å². The van der Waals surface area contributed by atoms with Gasteiger partial charge in [-0.05, 0) is 48.9 Å². The Morgan fingerprint density at radius 3 is 2.04 bits per heavy atom. The molecule has 2 nitrogen and oxygen atoms in total. The van der Waals surface area contributed by atoms with Crippen molar-refractivity contribution in [3.8, 4) is 0 Å². The van der Waals surface area contributed by atoms with E-state index >= 15 is 0 Å². The van der Waals surface area contributed by atoms with Gasteiger partial charge in [-0.1, -0.05) is 48.5 Å². The second kappa shape index (κ2) is 9.51. The van der Waals surface area contributed by atoms with Crippen LogP contribution in [0.5, 0.6) is 0 Å². The minimum Gasteiger partial charge on any atom is -0.325 e. The molecule has 4 heteroatoms. The minimum atomic E-state index is -0.147. The molecule has 0 unspecified atom stereocenters. The maximum Gasteiger partial charge on any atom is 0.237 e. The molecule has 26 heavy (non-hydrogen) atoms. The van der Waals surface area contributed by atoms with E-state index in [1.165, 1.54) is 10.5 Å². The number of thioether (sulfide) groups is 2. The molecule has 3 aromatic carbocycles. The Balaban J connectivity index is 1.51. The van der Waals surface area contributed by atoms with Gasteiger partial charge in [0.2, 0.25) is 5.91 Å². The van der Waals surface area contributed by atoms with Crippen LogP contribution in [0.1, 0.15) is 12.5 Å². The smallest absolute Gasteiger partial charge is 0.237 e. The number of benzene rings is 3. The first-order valence-corrected chi connectivity index (χ1v) is 10.4. The zero-order chi connectivity index (χ0) is 18.2. The van der Waals surface area contributed by atoms with Crippen molar-refractivity contribution in [3.05, 3.63) is 90.5 Å². The van der Waals surface area contributed by atoms with E-state index in [0.717, 1.165) is 16.3 Å². The predicted molar refractivity (Wildman–Crippen MR) is 113 cm³/mol. The largest absolute Gasteiger partial charge is 0.325 e. The van der Waals surface area contributed by atoms with Gasteiger partial charge in [0.1, 0.15) is 0 Å². The molecule has 0 aliphatic carbocycles. The lowest BCUT2D eigenvalue weighted by molar-refractivity contribution is -0.115. The van der Waals surface area contributed by atoms with E-state index in [2.05, 4.69) is 41.7 Å². The molecule has 0 aliphatic rings. The zero-order valence-electron chi connectivity index (χ0n) is 14.6. The molecule has 0 radical (unpaired) electrons. The standard InChI is InChI=1S/C22H21NOS2/c1-17(26-21-10-6-3-7-11-21)22(24)23-19-14-12-18(13-15-19)16-25-20-8-4-2-5-9-20/h2-15,17H,16H2,1H3,(H,23,24)/t17-/m1/s1. The van der Waals surface area contributed by atoms with Crippen LogP contribution >= 0.6 is 23.5 Å². The van der Waals surface area contributed by atoms with E-state index in [9.17, 15) is 4.79 Å². The van der Waals surface area contributed by atoms with Gasteiger partial charge in [-0.25, -0.2) is 0 Å². The van der Waals surface area contributed by atoms with Gasteiger partial charge in [0, 0.05) is 21.2 Å². The van der Waals surface area contributed by atoms with Gasteiger partial charge in [0.15, 0.2) is 0 Å². The highest BCUT2D eigenvalue weighted by molar-refractivity contribution is 8.00. The first kappa shape index (κ1) is 18.6. The average Bonchev–Trinajstić information content (AvgIpc) is 2.69.